The Morgan fingerprint density at radius 3 is 1.69 bits per heavy atom. The van der Waals surface area contributed by atoms with Gasteiger partial charge in [-0.05, 0) is 32.6 Å². The monoisotopic (exact) mass is 228 g/mol. The van der Waals surface area contributed by atoms with Gasteiger partial charge in [0, 0.05) is 25.7 Å². The maximum atomic E-state index is 11.3. The van der Waals surface area contributed by atoms with E-state index in [1.807, 2.05) is 0 Å². The van der Waals surface area contributed by atoms with E-state index in [1.54, 1.807) is 6.92 Å². The molecule has 92 valence electrons. The average Bonchev–Trinajstić information content (AvgIpc) is 2.19. The highest BCUT2D eigenvalue weighted by Gasteiger charge is 2.03. The van der Waals surface area contributed by atoms with Crippen LogP contribution in [0, 0.1) is 0 Å². The van der Waals surface area contributed by atoms with E-state index in [1.165, 1.54) is 0 Å². The van der Waals surface area contributed by atoms with Crippen molar-refractivity contribution < 1.29 is 19.5 Å². The summed E-state index contributed by atoms with van der Waals surface area (Å²) in [5.41, 5.74) is 0. The number of hydrogen-bond donors (Lipinski definition) is 1. The van der Waals surface area contributed by atoms with Crippen LogP contribution in [0.3, 0.4) is 0 Å². The average molecular weight is 228 g/mol. The summed E-state index contributed by atoms with van der Waals surface area (Å²) >= 11 is 0. The highest BCUT2D eigenvalue weighted by molar-refractivity contribution is 5.78. The van der Waals surface area contributed by atoms with Gasteiger partial charge in [-0.15, -0.1) is 0 Å². The SMILES string of the molecule is CC(=O)CCCCC(=O)CCCCC(=O)O. The number of aliphatic carboxylic acids is 1. The fraction of sp³-hybridized carbons (Fsp3) is 0.750. The lowest BCUT2D eigenvalue weighted by atomic mass is 10.1. The first-order valence-corrected chi connectivity index (χ1v) is 5.75. The number of Topliss-reactive ketones (excluding diaryl/α,β-unsaturated/α-hetero) is 2. The lowest BCUT2D eigenvalue weighted by Gasteiger charge is -2.00. The quantitative estimate of drug-likeness (QED) is 0.582. The Hall–Kier alpha value is -1.19. The normalized spacial score (nSPS) is 10.1. The van der Waals surface area contributed by atoms with E-state index in [9.17, 15) is 14.4 Å². The van der Waals surface area contributed by atoms with Crippen LogP contribution in [0.1, 0.15) is 58.3 Å². The summed E-state index contributed by atoms with van der Waals surface area (Å²) in [7, 11) is 0. The molecule has 16 heavy (non-hydrogen) atoms. The van der Waals surface area contributed by atoms with Gasteiger partial charge in [-0.25, -0.2) is 0 Å². The summed E-state index contributed by atoms with van der Waals surface area (Å²) in [5.74, 6) is -0.475. The molecule has 0 spiro atoms. The zero-order chi connectivity index (χ0) is 12.4. The standard InChI is InChI=1S/C12H20O4/c1-10(13)6-2-3-7-11(14)8-4-5-9-12(15)16/h2-9H2,1H3,(H,15,16). The predicted octanol–water partition coefficient (Wildman–Crippen LogP) is 2.35. The summed E-state index contributed by atoms with van der Waals surface area (Å²) in [6.07, 6.45) is 4.41. The summed E-state index contributed by atoms with van der Waals surface area (Å²) in [6, 6.07) is 0. The van der Waals surface area contributed by atoms with E-state index in [2.05, 4.69) is 0 Å². The van der Waals surface area contributed by atoms with E-state index >= 15 is 0 Å². The van der Waals surface area contributed by atoms with Gasteiger partial charge >= 0.3 is 5.97 Å². The van der Waals surface area contributed by atoms with Crippen molar-refractivity contribution in [1.82, 2.24) is 0 Å². The molecule has 0 radical (unpaired) electrons. The smallest absolute Gasteiger partial charge is 0.303 e. The minimum atomic E-state index is -0.811. The van der Waals surface area contributed by atoms with Gasteiger partial charge < -0.3 is 9.90 Å². The number of carboxylic acids is 1. The Kier molecular flexibility index (Phi) is 8.39. The number of ketones is 2. The summed E-state index contributed by atoms with van der Waals surface area (Å²) in [4.78, 5) is 32.1. The Labute approximate surface area is 96.0 Å². The van der Waals surface area contributed by atoms with Crippen molar-refractivity contribution in [3.05, 3.63) is 0 Å². The first-order valence-electron chi connectivity index (χ1n) is 5.75. The Morgan fingerprint density at radius 1 is 0.812 bits per heavy atom. The van der Waals surface area contributed by atoms with Crippen molar-refractivity contribution >= 4 is 17.5 Å². The number of carbonyl (C=O) groups is 3. The minimum Gasteiger partial charge on any atom is -0.481 e. The highest BCUT2D eigenvalue weighted by Crippen LogP contribution is 2.07. The van der Waals surface area contributed by atoms with Crippen LogP contribution < -0.4 is 0 Å². The van der Waals surface area contributed by atoms with E-state index < -0.39 is 5.97 Å². The van der Waals surface area contributed by atoms with Gasteiger partial charge in [0.25, 0.3) is 0 Å². The molecule has 0 heterocycles. The molecule has 0 fully saturated rings. The second-order valence-electron chi connectivity index (χ2n) is 4.05. The van der Waals surface area contributed by atoms with Gasteiger partial charge in [-0.2, -0.15) is 0 Å². The highest BCUT2D eigenvalue weighted by atomic mass is 16.4. The maximum absolute atomic E-state index is 11.3. The molecule has 0 unspecified atom stereocenters. The summed E-state index contributed by atoms with van der Waals surface area (Å²) in [6.45, 7) is 1.55. The van der Waals surface area contributed by atoms with E-state index in [0.29, 0.717) is 32.1 Å². The molecule has 0 rings (SSSR count). The van der Waals surface area contributed by atoms with E-state index in [-0.39, 0.29) is 18.0 Å². The molecule has 4 nitrogen and oxygen atoms in total. The van der Waals surface area contributed by atoms with Crippen LogP contribution in [-0.2, 0) is 14.4 Å². The lowest BCUT2D eigenvalue weighted by Crippen LogP contribution is -2.00. The van der Waals surface area contributed by atoms with Crippen molar-refractivity contribution in [2.45, 2.75) is 58.3 Å². The molecule has 0 aliphatic heterocycles. The predicted molar refractivity (Wildman–Crippen MR) is 60.3 cm³/mol. The Balaban J connectivity index is 3.31. The number of rotatable bonds is 10. The molecular weight excluding hydrogens is 208 g/mol. The van der Waals surface area contributed by atoms with Gasteiger partial charge in [0.15, 0.2) is 0 Å². The third-order valence-corrected chi connectivity index (χ3v) is 2.33. The van der Waals surface area contributed by atoms with Crippen LogP contribution in [0.15, 0.2) is 0 Å². The molecule has 0 saturated heterocycles. The zero-order valence-corrected chi connectivity index (χ0v) is 9.83. The molecular formula is C12H20O4. The molecule has 4 heteroatoms. The van der Waals surface area contributed by atoms with Gasteiger partial charge in [0.1, 0.15) is 11.6 Å². The first kappa shape index (κ1) is 14.8. The van der Waals surface area contributed by atoms with E-state index in [0.717, 1.165) is 12.8 Å². The molecule has 0 bridgehead atoms. The number of carbonyl (C=O) groups excluding carboxylic acids is 2. The number of hydrogen-bond acceptors (Lipinski definition) is 3. The van der Waals surface area contributed by atoms with Crippen LogP contribution >= 0.6 is 0 Å². The molecule has 0 amide bonds. The zero-order valence-electron chi connectivity index (χ0n) is 9.83. The topological polar surface area (TPSA) is 71.4 Å². The van der Waals surface area contributed by atoms with Crippen molar-refractivity contribution in [2.75, 3.05) is 0 Å². The molecule has 0 saturated carbocycles. The van der Waals surface area contributed by atoms with Crippen LogP contribution in [-0.4, -0.2) is 22.6 Å². The van der Waals surface area contributed by atoms with Crippen LogP contribution in [0.5, 0.6) is 0 Å². The van der Waals surface area contributed by atoms with Crippen molar-refractivity contribution in [1.29, 1.82) is 0 Å². The fourth-order valence-corrected chi connectivity index (χ4v) is 1.42. The first-order chi connectivity index (χ1) is 7.52. The molecule has 0 aliphatic carbocycles. The number of carboxylic acid groups (broad SMARTS) is 1. The fourth-order valence-electron chi connectivity index (χ4n) is 1.42. The largest absolute Gasteiger partial charge is 0.481 e. The van der Waals surface area contributed by atoms with Crippen LogP contribution in [0.25, 0.3) is 0 Å². The molecule has 1 N–H and O–H groups in total. The second kappa shape index (κ2) is 9.07. The van der Waals surface area contributed by atoms with Crippen LogP contribution in [0.4, 0.5) is 0 Å². The van der Waals surface area contributed by atoms with E-state index in [4.69, 9.17) is 5.11 Å². The number of unbranched alkanes of at least 4 members (excludes halogenated alkanes) is 2. The molecule has 0 aromatic heterocycles. The maximum Gasteiger partial charge on any atom is 0.303 e. The molecule has 0 atom stereocenters. The summed E-state index contributed by atoms with van der Waals surface area (Å²) in [5, 5.41) is 8.39. The van der Waals surface area contributed by atoms with Crippen molar-refractivity contribution in [3.63, 3.8) is 0 Å². The third-order valence-electron chi connectivity index (χ3n) is 2.33. The van der Waals surface area contributed by atoms with Crippen molar-refractivity contribution in [3.8, 4) is 0 Å². The minimum absolute atomic E-state index is 0.137. The van der Waals surface area contributed by atoms with Crippen LogP contribution in [0.2, 0.25) is 0 Å². The van der Waals surface area contributed by atoms with Gasteiger partial charge in [-0.1, -0.05) is 0 Å². The van der Waals surface area contributed by atoms with Gasteiger partial charge in [0.2, 0.25) is 0 Å². The van der Waals surface area contributed by atoms with Gasteiger partial charge in [0.05, 0.1) is 0 Å². The Bertz CT molecular complexity index is 221. The van der Waals surface area contributed by atoms with Gasteiger partial charge in [-0.3, -0.25) is 9.59 Å². The van der Waals surface area contributed by atoms with Crippen molar-refractivity contribution in [2.24, 2.45) is 0 Å². The Morgan fingerprint density at radius 2 is 1.25 bits per heavy atom. The molecule has 0 aromatic carbocycles. The molecule has 0 aliphatic rings. The lowest BCUT2D eigenvalue weighted by molar-refractivity contribution is -0.137. The molecule has 0 aromatic rings. The second-order valence-corrected chi connectivity index (χ2v) is 4.05. The third kappa shape index (κ3) is 10.9. The summed E-state index contributed by atoms with van der Waals surface area (Å²) < 4.78 is 0.